The summed E-state index contributed by atoms with van der Waals surface area (Å²) in [6, 6.07) is 15.3. The maximum Gasteiger partial charge on any atom is 0.464 e. The molecule has 9 nitrogen and oxygen atoms in total. The van der Waals surface area contributed by atoms with Crippen LogP contribution in [-0.2, 0) is 38.7 Å². The van der Waals surface area contributed by atoms with Gasteiger partial charge in [0.1, 0.15) is 22.3 Å². The summed E-state index contributed by atoms with van der Waals surface area (Å²) in [5.74, 6) is -16.2. The van der Waals surface area contributed by atoms with Crippen molar-refractivity contribution < 1.29 is 63.5 Å². The molecule has 3 fully saturated rings. The van der Waals surface area contributed by atoms with E-state index in [-0.39, 0.29) is 18.3 Å². The van der Waals surface area contributed by atoms with E-state index in [4.69, 9.17) is 9.47 Å². The van der Waals surface area contributed by atoms with Crippen molar-refractivity contribution in [1.29, 1.82) is 0 Å². The molecule has 5 aliphatic carbocycles. The fourth-order valence-electron chi connectivity index (χ4n) is 8.19. The Bertz CT molecular complexity index is 1650. The molecule has 0 amide bonds. The first-order chi connectivity index (χ1) is 20.6. The average Bonchev–Trinajstić information content (AvgIpc) is 3.59. The minimum atomic E-state index is -6.58. The van der Waals surface area contributed by atoms with Gasteiger partial charge in [-0.2, -0.15) is 17.6 Å². The van der Waals surface area contributed by atoms with Crippen LogP contribution < -0.4 is 0 Å². The van der Waals surface area contributed by atoms with Crippen LogP contribution in [0.5, 0.6) is 0 Å². The molecule has 0 spiro atoms. The summed E-state index contributed by atoms with van der Waals surface area (Å²) >= 11 is 0. The predicted octanol–water partition coefficient (Wildman–Crippen LogP) is 3.62. The molecular formula is C29H22F5O9S-. The number of hydrogen-bond acceptors (Lipinski definition) is 9. The molecule has 9 atom stereocenters. The van der Waals surface area contributed by atoms with Crippen molar-refractivity contribution in [3.8, 4) is 0 Å². The van der Waals surface area contributed by atoms with Crippen molar-refractivity contribution >= 4 is 28.0 Å². The molecule has 15 heteroatoms. The van der Waals surface area contributed by atoms with Crippen molar-refractivity contribution in [2.45, 2.75) is 54.4 Å². The van der Waals surface area contributed by atoms with Crippen LogP contribution in [-0.4, -0.2) is 60.6 Å². The highest BCUT2D eigenvalue weighted by atomic mass is 32.2. The van der Waals surface area contributed by atoms with Gasteiger partial charge in [0.15, 0.2) is 0 Å². The molecule has 2 saturated carbocycles. The second-order valence-corrected chi connectivity index (χ2v) is 13.3. The van der Waals surface area contributed by atoms with Gasteiger partial charge >= 0.3 is 29.9 Å². The van der Waals surface area contributed by atoms with Crippen molar-refractivity contribution in [3.63, 3.8) is 0 Å². The van der Waals surface area contributed by atoms with E-state index in [0.29, 0.717) is 6.42 Å². The zero-order chi connectivity index (χ0) is 31.5. The van der Waals surface area contributed by atoms with Gasteiger partial charge in [0, 0.05) is 23.7 Å². The van der Waals surface area contributed by atoms with Crippen molar-refractivity contribution in [2.75, 3.05) is 0 Å². The Hall–Kier alpha value is -3.59. The Labute approximate surface area is 246 Å². The topological polar surface area (TPSA) is 136 Å². The lowest BCUT2D eigenvalue weighted by molar-refractivity contribution is -0.332. The van der Waals surface area contributed by atoms with Crippen molar-refractivity contribution in [2.24, 2.45) is 29.6 Å². The molecule has 6 aliphatic rings. The Morgan fingerprint density at radius 2 is 1.48 bits per heavy atom. The Balaban J connectivity index is 1.17. The van der Waals surface area contributed by atoms with E-state index in [0.717, 1.165) is 22.3 Å². The van der Waals surface area contributed by atoms with E-state index < -0.39 is 87.4 Å². The van der Waals surface area contributed by atoms with Gasteiger partial charge in [-0.05, 0) is 35.1 Å². The first-order valence-electron chi connectivity index (χ1n) is 13.8. The van der Waals surface area contributed by atoms with E-state index in [1.807, 2.05) is 48.5 Å². The molecule has 4 bridgehead atoms. The van der Waals surface area contributed by atoms with Crippen LogP contribution in [0.1, 0.15) is 46.9 Å². The second-order valence-electron chi connectivity index (χ2n) is 11.9. The maximum atomic E-state index is 14.8. The monoisotopic (exact) mass is 641 g/mol. The molecule has 1 aliphatic heterocycles. The largest absolute Gasteiger partial charge is 0.745 e. The fraction of sp³-hybridized carbons (Fsp3) is 0.483. The molecule has 0 aromatic heterocycles. The van der Waals surface area contributed by atoms with Crippen molar-refractivity contribution in [3.05, 3.63) is 70.8 Å². The number of fused-ring (bicyclic) bond motifs is 2. The number of ether oxygens (including phenoxy) is 3. The molecule has 2 aromatic rings. The number of halogens is 5. The number of benzene rings is 2. The van der Waals surface area contributed by atoms with Crippen LogP contribution in [0.4, 0.5) is 22.0 Å². The van der Waals surface area contributed by atoms with Crippen LogP contribution in [0, 0.1) is 29.6 Å². The summed E-state index contributed by atoms with van der Waals surface area (Å²) in [6.07, 6.45) is -8.48. The zero-order valence-electron chi connectivity index (χ0n) is 22.3. The van der Waals surface area contributed by atoms with Crippen LogP contribution in [0.25, 0.3) is 0 Å². The number of alkyl halides is 5. The van der Waals surface area contributed by atoms with Gasteiger partial charge < -0.3 is 18.8 Å². The molecule has 0 radical (unpaired) electrons. The number of carbonyl (C=O) groups excluding carboxylic acids is 3. The fourth-order valence-corrected chi connectivity index (χ4v) is 8.74. The molecule has 234 valence electrons. The number of carbonyl (C=O) groups is 3. The van der Waals surface area contributed by atoms with Crippen LogP contribution in [0.2, 0.25) is 0 Å². The molecule has 44 heavy (non-hydrogen) atoms. The third kappa shape index (κ3) is 3.97. The van der Waals surface area contributed by atoms with Crippen molar-refractivity contribution in [1.82, 2.24) is 0 Å². The van der Waals surface area contributed by atoms with Gasteiger partial charge in [-0.3, -0.25) is 14.4 Å². The summed E-state index contributed by atoms with van der Waals surface area (Å²) in [5.41, 5.74) is -0.817. The molecule has 9 unspecified atom stereocenters. The average molecular weight is 642 g/mol. The second kappa shape index (κ2) is 9.46. The third-order valence-corrected chi connectivity index (χ3v) is 10.7. The lowest BCUT2D eigenvalue weighted by Gasteiger charge is -2.45. The van der Waals surface area contributed by atoms with Gasteiger partial charge in [-0.15, -0.1) is 0 Å². The molecule has 1 saturated heterocycles. The number of esters is 3. The summed E-state index contributed by atoms with van der Waals surface area (Å²) in [7, 11) is -6.58. The SMILES string of the molecule is O=C(OC1C2CC3C1OC(=O)C3C2C(=O)OC(F)(C(F)S(=O)(=O)[O-])C(F)(F)F)C1CC2c3ccccc3C1c1ccccc12. The van der Waals surface area contributed by atoms with Gasteiger partial charge in [0.25, 0.3) is 5.50 Å². The molecule has 0 N–H and O–H groups in total. The molecule has 1 heterocycles. The summed E-state index contributed by atoms with van der Waals surface area (Å²) in [5, 5.41) is 0. The van der Waals surface area contributed by atoms with Crippen LogP contribution in [0.3, 0.4) is 0 Å². The smallest absolute Gasteiger partial charge is 0.464 e. The van der Waals surface area contributed by atoms with E-state index in [1.165, 1.54) is 0 Å². The summed E-state index contributed by atoms with van der Waals surface area (Å²) in [4.78, 5) is 39.5. The van der Waals surface area contributed by atoms with E-state index in [1.54, 1.807) is 0 Å². The van der Waals surface area contributed by atoms with Gasteiger partial charge in [-0.25, -0.2) is 12.8 Å². The Morgan fingerprint density at radius 1 is 0.909 bits per heavy atom. The summed E-state index contributed by atoms with van der Waals surface area (Å²) < 4.78 is 117. The highest BCUT2D eigenvalue weighted by Gasteiger charge is 2.73. The molecule has 2 aromatic carbocycles. The van der Waals surface area contributed by atoms with E-state index >= 15 is 0 Å². The van der Waals surface area contributed by atoms with Crippen LogP contribution >= 0.6 is 0 Å². The quantitative estimate of drug-likeness (QED) is 0.201. The Kier molecular flexibility index (Phi) is 6.26. The zero-order valence-corrected chi connectivity index (χ0v) is 23.1. The normalized spacial score (nSPS) is 34.9. The molecular weight excluding hydrogens is 619 g/mol. The third-order valence-electron chi connectivity index (χ3n) is 9.86. The number of rotatable bonds is 6. The minimum absolute atomic E-state index is 0.0502. The van der Waals surface area contributed by atoms with Gasteiger partial charge in [-0.1, -0.05) is 48.5 Å². The van der Waals surface area contributed by atoms with E-state index in [2.05, 4.69) is 4.74 Å². The van der Waals surface area contributed by atoms with E-state index in [9.17, 15) is 49.3 Å². The highest BCUT2D eigenvalue weighted by molar-refractivity contribution is 7.86. The van der Waals surface area contributed by atoms with Crippen LogP contribution in [0.15, 0.2) is 48.5 Å². The Morgan fingerprint density at radius 3 is 2.02 bits per heavy atom. The lowest BCUT2D eigenvalue weighted by Crippen LogP contribution is -2.56. The lowest BCUT2D eigenvalue weighted by atomic mass is 9.59. The first kappa shape index (κ1) is 29.1. The minimum Gasteiger partial charge on any atom is -0.745 e. The maximum absolute atomic E-state index is 14.8. The first-order valence-corrected chi connectivity index (χ1v) is 15.3. The molecule has 8 rings (SSSR count). The standard InChI is InChI=1S/C29H23F5O9S/c30-27(44(38,39)40)28(31,29(32,33)34)43-26(37)21-17-10-16-20(21)25(36)42-23(16)22(17)41-24(35)18-9-15-11-5-1-3-7-13(11)19(18)14-8-4-2-6-12(14)15/h1-8,15-23,27H,9-10H2,(H,38,39,40)/p-1. The highest BCUT2D eigenvalue weighted by Crippen LogP contribution is 2.61. The number of hydrogen-bond donors (Lipinski definition) is 0. The summed E-state index contributed by atoms with van der Waals surface area (Å²) in [6.45, 7) is 0. The van der Waals surface area contributed by atoms with Gasteiger partial charge in [0.2, 0.25) is 0 Å². The van der Waals surface area contributed by atoms with Gasteiger partial charge in [0.05, 0.1) is 17.8 Å². The predicted molar refractivity (Wildman–Crippen MR) is 134 cm³/mol.